The number of hydrogen-bond donors (Lipinski definition) is 0. The van der Waals surface area contributed by atoms with Crippen LogP contribution in [-0.2, 0) is 23.1 Å². The van der Waals surface area contributed by atoms with Gasteiger partial charge < -0.3 is 9.64 Å². The van der Waals surface area contributed by atoms with E-state index in [9.17, 15) is 4.79 Å². The number of carbonyl (C=O) groups excluding carboxylic acids is 1. The number of para-hydroxylation sites is 1. The van der Waals surface area contributed by atoms with E-state index in [0.29, 0.717) is 0 Å². The minimum atomic E-state index is -0.354. The summed E-state index contributed by atoms with van der Waals surface area (Å²) in [6, 6.07) is 17.2. The number of piperidine rings is 1. The lowest BCUT2D eigenvalue weighted by Gasteiger charge is -2.61. The zero-order valence-electron chi connectivity index (χ0n) is 17.1. The normalized spacial score (nSPS) is 30.0. The number of rotatable bonds is 1. The summed E-state index contributed by atoms with van der Waals surface area (Å²) in [7, 11) is 0. The molecule has 146 valence electrons. The average molecular weight is 376 g/mol. The van der Waals surface area contributed by atoms with Crippen molar-refractivity contribution in [2.45, 2.75) is 64.0 Å². The smallest absolute Gasteiger partial charge is 0.263 e. The highest BCUT2D eigenvalue weighted by molar-refractivity contribution is 5.82. The van der Waals surface area contributed by atoms with Gasteiger partial charge in [-0.3, -0.25) is 4.79 Å². The van der Waals surface area contributed by atoms with E-state index in [4.69, 9.17) is 4.74 Å². The molecule has 1 fully saturated rings. The van der Waals surface area contributed by atoms with E-state index < -0.39 is 0 Å². The van der Waals surface area contributed by atoms with Gasteiger partial charge in [-0.1, -0.05) is 63.2 Å². The van der Waals surface area contributed by atoms with Crippen molar-refractivity contribution in [1.29, 1.82) is 0 Å². The first-order chi connectivity index (χ1) is 13.4. The number of benzene rings is 2. The van der Waals surface area contributed by atoms with Crippen molar-refractivity contribution in [3.05, 3.63) is 65.2 Å². The van der Waals surface area contributed by atoms with Crippen LogP contribution in [0.4, 0.5) is 0 Å². The lowest BCUT2D eigenvalue weighted by atomic mass is 9.51. The van der Waals surface area contributed by atoms with Gasteiger partial charge in [-0.15, -0.1) is 0 Å². The molecule has 2 heterocycles. The third-order valence-electron chi connectivity index (χ3n) is 7.99. The number of amides is 1. The van der Waals surface area contributed by atoms with Gasteiger partial charge in [0.15, 0.2) is 6.10 Å². The minimum absolute atomic E-state index is 0.0296. The van der Waals surface area contributed by atoms with Crippen molar-refractivity contribution < 1.29 is 9.53 Å². The third-order valence-corrected chi connectivity index (χ3v) is 7.99. The third kappa shape index (κ3) is 2.38. The lowest BCUT2D eigenvalue weighted by molar-refractivity contribution is -0.152. The number of carbonyl (C=O) groups is 1. The van der Waals surface area contributed by atoms with Crippen LogP contribution >= 0.6 is 0 Å². The van der Waals surface area contributed by atoms with Crippen LogP contribution in [0.1, 0.15) is 50.3 Å². The molecule has 0 saturated carbocycles. The second-order valence-electron chi connectivity index (χ2n) is 9.47. The van der Waals surface area contributed by atoms with Crippen molar-refractivity contribution in [3.8, 4) is 5.75 Å². The van der Waals surface area contributed by atoms with Gasteiger partial charge in [0, 0.05) is 18.0 Å². The van der Waals surface area contributed by atoms with Crippen LogP contribution in [0.2, 0.25) is 0 Å². The molecule has 0 spiro atoms. The number of ether oxygens (including phenoxy) is 1. The molecule has 2 bridgehead atoms. The van der Waals surface area contributed by atoms with Crippen molar-refractivity contribution in [2.75, 3.05) is 6.54 Å². The van der Waals surface area contributed by atoms with Crippen LogP contribution in [0.15, 0.2) is 48.5 Å². The number of aryl methyl sites for hydroxylation is 1. The first-order valence-corrected chi connectivity index (χ1v) is 10.6. The van der Waals surface area contributed by atoms with Gasteiger partial charge in [0.05, 0.1) is 0 Å². The molecule has 3 heteroatoms. The molecule has 1 saturated heterocycles. The molecule has 1 amide bonds. The summed E-state index contributed by atoms with van der Waals surface area (Å²) in [6.45, 7) is 7.92. The number of hydrogen-bond acceptors (Lipinski definition) is 2. The average Bonchev–Trinajstić information content (AvgIpc) is 2.70. The molecule has 2 aromatic rings. The van der Waals surface area contributed by atoms with Crippen LogP contribution in [0.3, 0.4) is 0 Å². The Bertz CT molecular complexity index is 934. The van der Waals surface area contributed by atoms with Crippen LogP contribution in [-0.4, -0.2) is 29.5 Å². The monoisotopic (exact) mass is 375 g/mol. The fourth-order valence-electron chi connectivity index (χ4n) is 5.82. The maximum atomic E-state index is 13.6. The first kappa shape index (κ1) is 17.8. The fourth-order valence-corrected chi connectivity index (χ4v) is 5.82. The Hall–Kier alpha value is -2.29. The summed E-state index contributed by atoms with van der Waals surface area (Å²) in [4.78, 5) is 15.7. The molecule has 0 N–H and O–H groups in total. The molecule has 3 aliphatic rings. The highest BCUT2D eigenvalue weighted by atomic mass is 16.5. The topological polar surface area (TPSA) is 29.5 Å². The largest absolute Gasteiger partial charge is 0.480 e. The van der Waals surface area contributed by atoms with E-state index in [1.807, 2.05) is 18.2 Å². The summed E-state index contributed by atoms with van der Waals surface area (Å²) in [5.41, 5.74) is 4.23. The van der Waals surface area contributed by atoms with E-state index in [1.165, 1.54) is 16.7 Å². The number of fused-ring (bicyclic) bond motifs is 5. The highest BCUT2D eigenvalue weighted by Crippen LogP contribution is 2.56. The second kappa shape index (κ2) is 6.10. The van der Waals surface area contributed by atoms with Crippen LogP contribution < -0.4 is 4.74 Å². The number of likely N-dealkylation sites (tertiary alicyclic amines) is 1. The summed E-state index contributed by atoms with van der Waals surface area (Å²) < 4.78 is 6.16. The van der Waals surface area contributed by atoms with E-state index in [1.54, 1.807) is 0 Å². The standard InChI is InChI=1S/C25H29NO2/c1-24(2)22-16-18-9-4-6-10-19(18)25(24,3)14-15-26(22)23(27)21-13-12-17-8-5-7-11-20(17)28-21/h4-11,21-22H,12-16H2,1-3H3/t21?,22-,25+/m1/s1. The zero-order valence-corrected chi connectivity index (χ0v) is 17.1. The molecular formula is C25H29NO2. The molecule has 2 aliphatic heterocycles. The second-order valence-corrected chi connectivity index (χ2v) is 9.47. The Morgan fingerprint density at radius 1 is 1.04 bits per heavy atom. The molecule has 3 nitrogen and oxygen atoms in total. The maximum absolute atomic E-state index is 13.6. The summed E-state index contributed by atoms with van der Waals surface area (Å²) in [5, 5.41) is 0. The molecule has 28 heavy (non-hydrogen) atoms. The van der Waals surface area contributed by atoms with Crippen molar-refractivity contribution in [3.63, 3.8) is 0 Å². The molecule has 5 rings (SSSR count). The van der Waals surface area contributed by atoms with Gasteiger partial charge in [0.1, 0.15) is 5.75 Å². The van der Waals surface area contributed by atoms with E-state index in [0.717, 1.165) is 38.0 Å². The van der Waals surface area contributed by atoms with Gasteiger partial charge in [-0.05, 0) is 53.9 Å². The Morgan fingerprint density at radius 2 is 1.75 bits per heavy atom. The Morgan fingerprint density at radius 3 is 2.57 bits per heavy atom. The minimum Gasteiger partial charge on any atom is -0.480 e. The van der Waals surface area contributed by atoms with Gasteiger partial charge in [0.2, 0.25) is 0 Å². The molecule has 1 aliphatic carbocycles. The fraction of sp³-hybridized carbons (Fsp3) is 0.480. The Kier molecular flexibility index (Phi) is 3.88. The molecular weight excluding hydrogens is 346 g/mol. The zero-order chi connectivity index (χ0) is 19.5. The summed E-state index contributed by atoms with van der Waals surface area (Å²) in [5.74, 6) is 1.05. The molecule has 0 radical (unpaired) electrons. The Labute approximate surface area is 167 Å². The van der Waals surface area contributed by atoms with E-state index >= 15 is 0 Å². The maximum Gasteiger partial charge on any atom is 0.263 e. The lowest BCUT2D eigenvalue weighted by Crippen LogP contribution is -2.66. The molecule has 3 atom stereocenters. The van der Waals surface area contributed by atoms with Crippen molar-refractivity contribution in [2.24, 2.45) is 5.41 Å². The van der Waals surface area contributed by atoms with Crippen LogP contribution in [0.5, 0.6) is 5.75 Å². The van der Waals surface area contributed by atoms with Gasteiger partial charge in [0.25, 0.3) is 5.91 Å². The molecule has 2 aromatic carbocycles. The molecule has 1 unspecified atom stereocenters. The SMILES string of the molecule is CC1(C)[C@H]2Cc3ccccc3[C@]1(C)CCN2C(=O)C1CCc2ccccc2O1. The first-order valence-electron chi connectivity index (χ1n) is 10.6. The van der Waals surface area contributed by atoms with Gasteiger partial charge >= 0.3 is 0 Å². The van der Waals surface area contributed by atoms with Crippen LogP contribution in [0, 0.1) is 5.41 Å². The predicted molar refractivity (Wildman–Crippen MR) is 111 cm³/mol. The Balaban J connectivity index is 1.46. The van der Waals surface area contributed by atoms with E-state index in [2.05, 4.69) is 56.0 Å². The van der Waals surface area contributed by atoms with E-state index in [-0.39, 0.29) is 28.9 Å². The summed E-state index contributed by atoms with van der Waals surface area (Å²) >= 11 is 0. The molecule has 0 aromatic heterocycles. The van der Waals surface area contributed by atoms with Crippen LogP contribution in [0.25, 0.3) is 0 Å². The quantitative estimate of drug-likeness (QED) is 0.733. The van der Waals surface area contributed by atoms with Crippen molar-refractivity contribution in [1.82, 2.24) is 4.90 Å². The highest BCUT2D eigenvalue weighted by Gasteiger charge is 2.57. The number of nitrogens with zero attached hydrogens (tertiary/aromatic N) is 1. The summed E-state index contributed by atoms with van der Waals surface area (Å²) in [6.07, 6.45) is 3.27. The van der Waals surface area contributed by atoms with Crippen molar-refractivity contribution >= 4 is 5.91 Å². The van der Waals surface area contributed by atoms with Gasteiger partial charge in [-0.25, -0.2) is 0 Å². The van der Waals surface area contributed by atoms with Gasteiger partial charge in [-0.2, -0.15) is 0 Å². The predicted octanol–water partition coefficient (Wildman–Crippen LogP) is 4.52.